The maximum atomic E-state index is 11.9. The van der Waals surface area contributed by atoms with Crippen LogP contribution in [0.2, 0.25) is 0 Å². The summed E-state index contributed by atoms with van der Waals surface area (Å²) in [5, 5.41) is 3.51. The van der Waals surface area contributed by atoms with Gasteiger partial charge < -0.3 is 19.7 Å². The number of carbonyl (C=O) groups excluding carboxylic acids is 1. The Morgan fingerprint density at radius 1 is 1.32 bits per heavy atom. The third-order valence-corrected chi connectivity index (χ3v) is 3.10. The average Bonchev–Trinajstić information content (AvgIpc) is 2.33. The van der Waals surface area contributed by atoms with Crippen molar-refractivity contribution < 1.29 is 14.3 Å². The van der Waals surface area contributed by atoms with Crippen LogP contribution in [0.25, 0.3) is 0 Å². The molecule has 0 aromatic heterocycles. The molecule has 1 aliphatic heterocycles. The maximum absolute atomic E-state index is 11.9. The zero-order valence-electron chi connectivity index (χ0n) is 12.7. The van der Waals surface area contributed by atoms with Gasteiger partial charge in [0.2, 0.25) is 0 Å². The predicted molar refractivity (Wildman–Crippen MR) is 75.3 cm³/mol. The van der Waals surface area contributed by atoms with Crippen molar-refractivity contribution in [2.24, 2.45) is 0 Å². The molecule has 1 N–H and O–H groups in total. The molecule has 0 radical (unpaired) electrons. The number of nitrogens with one attached hydrogen (secondary N) is 1. The van der Waals surface area contributed by atoms with Gasteiger partial charge in [0.25, 0.3) is 0 Å². The minimum absolute atomic E-state index is 0.190. The highest BCUT2D eigenvalue weighted by molar-refractivity contribution is 5.68. The highest BCUT2D eigenvalue weighted by atomic mass is 16.6. The lowest BCUT2D eigenvalue weighted by Crippen LogP contribution is -2.46. The number of carbonyl (C=O) groups is 1. The Hall–Kier alpha value is -0.810. The molecule has 1 aliphatic rings. The highest BCUT2D eigenvalue weighted by Crippen LogP contribution is 2.15. The molecule has 0 unspecified atom stereocenters. The standard InChI is InChI=1S/C14H28N2O3/c1-14(2,3)19-13(17)16-9-6-12(7-10-16)15-8-5-11-18-4/h12,15H,5-11H2,1-4H3. The number of amides is 1. The van der Waals surface area contributed by atoms with Crippen molar-refractivity contribution in [3.8, 4) is 0 Å². The van der Waals surface area contributed by atoms with Gasteiger partial charge in [-0.25, -0.2) is 4.79 Å². The summed E-state index contributed by atoms with van der Waals surface area (Å²) in [5.41, 5.74) is -0.410. The molecule has 1 heterocycles. The smallest absolute Gasteiger partial charge is 0.410 e. The molecular formula is C14H28N2O3. The Morgan fingerprint density at radius 2 is 1.95 bits per heavy atom. The van der Waals surface area contributed by atoms with Gasteiger partial charge >= 0.3 is 6.09 Å². The van der Waals surface area contributed by atoms with Crippen molar-refractivity contribution in [2.75, 3.05) is 33.4 Å². The second kappa shape index (κ2) is 7.70. The molecule has 1 saturated heterocycles. The molecule has 0 aliphatic carbocycles. The van der Waals surface area contributed by atoms with E-state index in [0.29, 0.717) is 6.04 Å². The molecule has 0 spiro atoms. The van der Waals surface area contributed by atoms with E-state index >= 15 is 0 Å². The van der Waals surface area contributed by atoms with Crippen LogP contribution in [-0.2, 0) is 9.47 Å². The molecule has 0 aromatic carbocycles. The average molecular weight is 272 g/mol. The molecule has 19 heavy (non-hydrogen) atoms. The van der Waals surface area contributed by atoms with E-state index in [0.717, 1.165) is 45.5 Å². The van der Waals surface area contributed by atoms with Gasteiger partial charge in [0.05, 0.1) is 0 Å². The fraction of sp³-hybridized carbons (Fsp3) is 0.929. The van der Waals surface area contributed by atoms with Crippen LogP contribution in [0.5, 0.6) is 0 Å². The van der Waals surface area contributed by atoms with Crippen LogP contribution in [0.4, 0.5) is 4.79 Å². The molecule has 1 amide bonds. The number of piperidine rings is 1. The van der Waals surface area contributed by atoms with Crippen LogP contribution in [0, 0.1) is 0 Å². The number of rotatable bonds is 5. The van der Waals surface area contributed by atoms with Crippen molar-refractivity contribution in [3.63, 3.8) is 0 Å². The van der Waals surface area contributed by atoms with Crippen LogP contribution in [-0.4, -0.2) is 56.0 Å². The number of hydrogen-bond donors (Lipinski definition) is 1. The van der Waals surface area contributed by atoms with Gasteiger partial charge in [-0.2, -0.15) is 0 Å². The van der Waals surface area contributed by atoms with E-state index in [2.05, 4.69) is 5.32 Å². The molecule has 1 rings (SSSR count). The van der Waals surface area contributed by atoms with Crippen LogP contribution in [0.1, 0.15) is 40.0 Å². The van der Waals surface area contributed by atoms with Gasteiger partial charge in [0.15, 0.2) is 0 Å². The lowest BCUT2D eigenvalue weighted by molar-refractivity contribution is 0.0198. The first-order chi connectivity index (χ1) is 8.92. The first-order valence-electron chi connectivity index (χ1n) is 7.12. The van der Waals surface area contributed by atoms with Gasteiger partial charge in [-0.05, 0) is 46.6 Å². The highest BCUT2D eigenvalue weighted by Gasteiger charge is 2.26. The molecule has 112 valence electrons. The Kier molecular flexibility index (Phi) is 6.58. The summed E-state index contributed by atoms with van der Waals surface area (Å²) in [4.78, 5) is 13.7. The predicted octanol–water partition coefficient (Wildman–Crippen LogP) is 2.01. The van der Waals surface area contributed by atoms with Crippen molar-refractivity contribution in [2.45, 2.75) is 51.7 Å². The number of likely N-dealkylation sites (tertiary alicyclic amines) is 1. The first kappa shape index (κ1) is 16.2. The topological polar surface area (TPSA) is 50.8 Å². The summed E-state index contributed by atoms with van der Waals surface area (Å²) >= 11 is 0. The third kappa shape index (κ3) is 6.78. The fourth-order valence-electron chi connectivity index (χ4n) is 2.12. The number of hydrogen-bond acceptors (Lipinski definition) is 4. The van der Waals surface area contributed by atoms with E-state index in [-0.39, 0.29) is 6.09 Å². The van der Waals surface area contributed by atoms with Crippen LogP contribution >= 0.6 is 0 Å². The number of methoxy groups -OCH3 is 1. The first-order valence-corrected chi connectivity index (χ1v) is 7.12. The van der Waals surface area contributed by atoms with Crippen molar-refractivity contribution in [1.82, 2.24) is 10.2 Å². The molecule has 1 fully saturated rings. The quantitative estimate of drug-likeness (QED) is 0.778. The molecule has 5 heteroatoms. The largest absolute Gasteiger partial charge is 0.444 e. The maximum Gasteiger partial charge on any atom is 0.410 e. The van der Waals surface area contributed by atoms with Gasteiger partial charge in [0.1, 0.15) is 5.60 Å². The summed E-state index contributed by atoms with van der Waals surface area (Å²) in [6.07, 6.45) is 2.83. The Balaban J connectivity index is 2.19. The minimum atomic E-state index is -0.410. The monoisotopic (exact) mass is 272 g/mol. The third-order valence-electron chi connectivity index (χ3n) is 3.10. The fourth-order valence-corrected chi connectivity index (χ4v) is 2.12. The minimum Gasteiger partial charge on any atom is -0.444 e. The van der Waals surface area contributed by atoms with Crippen LogP contribution < -0.4 is 5.32 Å². The number of nitrogens with zero attached hydrogens (tertiary/aromatic N) is 1. The molecule has 0 saturated carbocycles. The van der Waals surface area contributed by atoms with Crippen LogP contribution in [0.3, 0.4) is 0 Å². The van der Waals surface area contributed by atoms with E-state index < -0.39 is 5.60 Å². The lowest BCUT2D eigenvalue weighted by Gasteiger charge is -2.33. The molecule has 0 bridgehead atoms. The van der Waals surface area contributed by atoms with Crippen LogP contribution in [0.15, 0.2) is 0 Å². The van der Waals surface area contributed by atoms with Gasteiger partial charge in [-0.15, -0.1) is 0 Å². The molecule has 0 atom stereocenters. The molecule has 0 aromatic rings. The van der Waals surface area contributed by atoms with E-state index in [1.807, 2.05) is 20.8 Å². The summed E-state index contributed by atoms with van der Waals surface area (Å²) in [5.74, 6) is 0. The SMILES string of the molecule is COCCCNC1CCN(C(=O)OC(C)(C)C)CC1. The van der Waals surface area contributed by atoms with E-state index in [1.54, 1.807) is 12.0 Å². The second-order valence-electron chi connectivity index (χ2n) is 6.04. The second-order valence-corrected chi connectivity index (χ2v) is 6.04. The van der Waals surface area contributed by atoms with Crippen molar-refractivity contribution >= 4 is 6.09 Å². The van der Waals surface area contributed by atoms with E-state index in [9.17, 15) is 4.79 Å². The summed E-state index contributed by atoms with van der Waals surface area (Å²) in [7, 11) is 1.72. The summed E-state index contributed by atoms with van der Waals surface area (Å²) < 4.78 is 10.4. The molecular weight excluding hydrogens is 244 g/mol. The summed E-state index contributed by atoms with van der Waals surface area (Å²) in [6.45, 7) is 9.02. The Bertz CT molecular complexity index is 268. The van der Waals surface area contributed by atoms with Crippen molar-refractivity contribution in [3.05, 3.63) is 0 Å². The Morgan fingerprint density at radius 3 is 2.47 bits per heavy atom. The Labute approximate surface area is 116 Å². The zero-order valence-corrected chi connectivity index (χ0v) is 12.7. The van der Waals surface area contributed by atoms with E-state index in [4.69, 9.17) is 9.47 Å². The normalized spacial score (nSPS) is 17.6. The lowest BCUT2D eigenvalue weighted by atomic mass is 10.1. The zero-order chi connectivity index (χ0) is 14.3. The molecule has 5 nitrogen and oxygen atoms in total. The summed E-state index contributed by atoms with van der Waals surface area (Å²) in [6, 6.07) is 0.510. The number of ether oxygens (including phenoxy) is 2. The van der Waals surface area contributed by atoms with Crippen molar-refractivity contribution in [1.29, 1.82) is 0 Å². The van der Waals surface area contributed by atoms with Gasteiger partial charge in [-0.3, -0.25) is 0 Å². The van der Waals surface area contributed by atoms with E-state index in [1.165, 1.54) is 0 Å². The van der Waals surface area contributed by atoms with Gasteiger partial charge in [0, 0.05) is 32.8 Å². The van der Waals surface area contributed by atoms with Gasteiger partial charge in [-0.1, -0.05) is 0 Å².